The van der Waals surface area contributed by atoms with Crippen molar-refractivity contribution in [2.24, 2.45) is 5.92 Å². The summed E-state index contributed by atoms with van der Waals surface area (Å²) in [6.45, 7) is 1.77. The van der Waals surface area contributed by atoms with Crippen molar-refractivity contribution < 1.29 is 13.2 Å². The number of thiophene rings is 1. The summed E-state index contributed by atoms with van der Waals surface area (Å²) in [4.78, 5) is 11.7. The first-order valence-electron chi connectivity index (χ1n) is 7.53. The van der Waals surface area contributed by atoms with Crippen LogP contribution in [0.15, 0.2) is 40.6 Å². The number of sulfonamides is 1. The van der Waals surface area contributed by atoms with Crippen molar-refractivity contribution >= 4 is 44.6 Å². The summed E-state index contributed by atoms with van der Waals surface area (Å²) in [5.41, 5.74) is 1.53. The Morgan fingerprint density at radius 3 is 2.42 bits per heavy atom. The van der Waals surface area contributed by atoms with Crippen molar-refractivity contribution in [1.82, 2.24) is 4.72 Å². The Morgan fingerprint density at radius 1 is 1.21 bits per heavy atom. The number of amides is 1. The maximum absolute atomic E-state index is 12.3. The Hall–Kier alpha value is -1.41. The van der Waals surface area contributed by atoms with Crippen LogP contribution in [-0.2, 0) is 14.8 Å². The number of carbonyl (C=O) groups is 1. The predicted octanol–water partition coefficient (Wildman–Crippen LogP) is 3.79. The topological polar surface area (TPSA) is 75.3 Å². The first-order valence-corrected chi connectivity index (χ1v) is 10.2. The van der Waals surface area contributed by atoms with Crippen molar-refractivity contribution in [3.63, 3.8) is 0 Å². The molecule has 0 bridgehead atoms. The van der Waals surface area contributed by atoms with E-state index < -0.39 is 16.1 Å². The van der Waals surface area contributed by atoms with Gasteiger partial charge < -0.3 is 5.32 Å². The van der Waals surface area contributed by atoms with Crippen LogP contribution >= 0.6 is 22.9 Å². The van der Waals surface area contributed by atoms with Crippen molar-refractivity contribution in [3.05, 3.63) is 46.3 Å². The van der Waals surface area contributed by atoms with Gasteiger partial charge in [0.05, 0.1) is 4.34 Å². The fourth-order valence-corrected chi connectivity index (χ4v) is 4.98. The molecule has 1 aliphatic rings. The average Bonchev–Trinajstić information content (AvgIpc) is 3.29. The number of hydrogen-bond donors (Lipinski definition) is 2. The third kappa shape index (κ3) is 4.16. The third-order valence-electron chi connectivity index (χ3n) is 3.77. The highest BCUT2D eigenvalue weighted by Crippen LogP contribution is 2.30. The van der Waals surface area contributed by atoms with E-state index in [0.29, 0.717) is 4.34 Å². The van der Waals surface area contributed by atoms with Crippen LogP contribution in [0, 0.1) is 5.92 Å². The molecule has 0 spiro atoms. The number of benzene rings is 1. The maximum Gasteiger partial charge on any atom is 0.250 e. The molecule has 1 aliphatic carbocycles. The molecule has 128 valence electrons. The van der Waals surface area contributed by atoms with Gasteiger partial charge in [-0.05, 0) is 49.6 Å². The molecule has 8 heteroatoms. The second kappa shape index (κ2) is 6.84. The molecule has 24 heavy (non-hydrogen) atoms. The highest BCUT2D eigenvalue weighted by molar-refractivity contribution is 7.91. The van der Waals surface area contributed by atoms with E-state index in [1.807, 2.05) is 0 Å². The van der Waals surface area contributed by atoms with Crippen LogP contribution in [0.4, 0.5) is 5.69 Å². The molecule has 3 rings (SSSR count). The van der Waals surface area contributed by atoms with Crippen LogP contribution in [0.2, 0.25) is 4.34 Å². The quantitative estimate of drug-likeness (QED) is 0.795. The molecule has 0 aliphatic heterocycles. The minimum absolute atomic E-state index is 0.0473. The standard InChI is InChI=1S/C16H17ClN2O3S2/c1-10(19-24(21,22)15-9-8-14(17)23-15)11-4-6-13(7-5-11)18-16(20)12-2-3-12/h4-10,12,19H,2-3H2,1H3,(H,18,20). The minimum Gasteiger partial charge on any atom is -0.326 e. The maximum atomic E-state index is 12.3. The van der Waals surface area contributed by atoms with Gasteiger partial charge >= 0.3 is 0 Å². The predicted molar refractivity (Wildman–Crippen MR) is 95.9 cm³/mol. The Morgan fingerprint density at radius 2 is 1.88 bits per heavy atom. The summed E-state index contributed by atoms with van der Waals surface area (Å²) in [7, 11) is -3.60. The van der Waals surface area contributed by atoms with Crippen molar-refractivity contribution in [3.8, 4) is 0 Å². The van der Waals surface area contributed by atoms with E-state index in [4.69, 9.17) is 11.6 Å². The summed E-state index contributed by atoms with van der Waals surface area (Å²) < 4.78 is 27.9. The largest absolute Gasteiger partial charge is 0.326 e. The normalized spacial score (nSPS) is 15.9. The van der Waals surface area contributed by atoms with Crippen molar-refractivity contribution in [2.45, 2.75) is 30.0 Å². The smallest absolute Gasteiger partial charge is 0.250 e. The molecule has 1 aromatic heterocycles. The van der Waals surface area contributed by atoms with Crippen LogP contribution in [0.25, 0.3) is 0 Å². The molecule has 1 saturated carbocycles. The highest BCUT2D eigenvalue weighted by Gasteiger charge is 2.29. The van der Waals surface area contributed by atoms with Crippen molar-refractivity contribution in [2.75, 3.05) is 5.32 Å². The number of halogens is 1. The molecular weight excluding hydrogens is 368 g/mol. The Labute approximate surface area is 150 Å². The molecular formula is C16H17ClN2O3S2. The summed E-state index contributed by atoms with van der Waals surface area (Å²) >= 11 is 6.81. The Kier molecular flexibility index (Phi) is 4.96. The van der Waals surface area contributed by atoms with Crippen LogP contribution in [0.5, 0.6) is 0 Å². The molecule has 0 radical (unpaired) electrons. The molecule has 2 aromatic rings. The molecule has 1 heterocycles. The van der Waals surface area contributed by atoms with Crippen molar-refractivity contribution in [1.29, 1.82) is 0 Å². The first-order chi connectivity index (χ1) is 11.3. The average molecular weight is 385 g/mol. The van der Waals surface area contributed by atoms with Gasteiger partial charge in [0.25, 0.3) is 10.0 Å². The third-order valence-corrected chi connectivity index (χ3v) is 7.04. The van der Waals surface area contributed by atoms with Gasteiger partial charge in [-0.15, -0.1) is 11.3 Å². The second-order valence-corrected chi connectivity index (χ2v) is 9.44. The summed E-state index contributed by atoms with van der Waals surface area (Å²) in [6, 6.07) is 9.81. The fourth-order valence-electron chi connectivity index (χ4n) is 2.25. The van der Waals surface area contributed by atoms with Crippen LogP contribution in [-0.4, -0.2) is 14.3 Å². The zero-order valence-electron chi connectivity index (χ0n) is 13.0. The lowest BCUT2D eigenvalue weighted by molar-refractivity contribution is -0.117. The lowest BCUT2D eigenvalue weighted by Crippen LogP contribution is -2.26. The number of anilines is 1. The number of carbonyl (C=O) groups excluding carboxylic acids is 1. The molecule has 0 saturated heterocycles. The minimum atomic E-state index is -3.60. The van der Waals surface area contributed by atoms with E-state index in [-0.39, 0.29) is 16.0 Å². The van der Waals surface area contributed by atoms with E-state index in [1.165, 1.54) is 6.07 Å². The zero-order valence-corrected chi connectivity index (χ0v) is 15.3. The van der Waals surface area contributed by atoms with Gasteiger partial charge in [0.15, 0.2) is 0 Å². The van der Waals surface area contributed by atoms with Gasteiger partial charge in [0.2, 0.25) is 5.91 Å². The molecule has 2 N–H and O–H groups in total. The van der Waals surface area contributed by atoms with Gasteiger partial charge in [-0.1, -0.05) is 23.7 Å². The first kappa shape index (κ1) is 17.4. The lowest BCUT2D eigenvalue weighted by Gasteiger charge is -2.14. The molecule has 1 unspecified atom stereocenters. The molecule has 1 aromatic carbocycles. The number of nitrogens with one attached hydrogen (secondary N) is 2. The van der Waals surface area contributed by atoms with Gasteiger partial charge in [-0.25, -0.2) is 13.1 Å². The van der Waals surface area contributed by atoms with E-state index in [0.717, 1.165) is 35.4 Å². The molecule has 1 atom stereocenters. The highest BCUT2D eigenvalue weighted by atomic mass is 35.5. The molecule has 1 fully saturated rings. The molecule has 5 nitrogen and oxygen atoms in total. The summed E-state index contributed by atoms with van der Waals surface area (Å²) in [6.07, 6.45) is 1.91. The Balaban J connectivity index is 1.66. The SMILES string of the molecule is CC(NS(=O)(=O)c1ccc(Cl)s1)c1ccc(NC(=O)C2CC2)cc1. The number of rotatable bonds is 6. The van der Waals surface area contributed by atoms with Gasteiger partial charge in [-0.3, -0.25) is 4.79 Å². The summed E-state index contributed by atoms with van der Waals surface area (Å²) in [5.74, 6) is 0.194. The van der Waals surface area contributed by atoms with E-state index >= 15 is 0 Å². The van der Waals surface area contributed by atoms with E-state index in [9.17, 15) is 13.2 Å². The molecule has 1 amide bonds. The van der Waals surface area contributed by atoms with Crippen LogP contribution in [0.1, 0.15) is 31.4 Å². The lowest BCUT2D eigenvalue weighted by atomic mass is 10.1. The fraction of sp³-hybridized carbons (Fsp3) is 0.312. The number of hydrogen-bond acceptors (Lipinski definition) is 4. The zero-order chi connectivity index (χ0) is 17.3. The van der Waals surface area contributed by atoms with E-state index in [1.54, 1.807) is 37.3 Å². The van der Waals surface area contributed by atoms with Crippen LogP contribution in [0.3, 0.4) is 0 Å². The van der Waals surface area contributed by atoms with Gasteiger partial charge in [0, 0.05) is 17.6 Å². The summed E-state index contributed by atoms with van der Waals surface area (Å²) in [5, 5.41) is 2.86. The van der Waals surface area contributed by atoms with E-state index in [2.05, 4.69) is 10.0 Å². The second-order valence-electron chi connectivity index (χ2n) is 5.79. The van der Waals surface area contributed by atoms with Gasteiger partial charge in [0.1, 0.15) is 4.21 Å². The van der Waals surface area contributed by atoms with Crippen LogP contribution < -0.4 is 10.0 Å². The monoisotopic (exact) mass is 384 g/mol. The van der Waals surface area contributed by atoms with Gasteiger partial charge in [-0.2, -0.15) is 0 Å². The Bertz CT molecular complexity index is 842.